The van der Waals surface area contributed by atoms with Crippen LogP contribution in [0.25, 0.3) is 11.5 Å². The SMILES string of the molecule is COC(=O)c1ccc(F)cc1OCCCC(C)n1cnnc1-c1cccc(NC=O)n1. The number of anilines is 1. The van der Waals surface area contributed by atoms with Crippen LogP contribution in [0.1, 0.15) is 36.2 Å². The van der Waals surface area contributed by atoms with Gasteiger partial charge in [0.25, 0.3) is 0 Å². The number of hydrogen-bond donors (Lipinski definition) is 1. The van der Waals surface area contributed by atoms with Crippen LogP contribution < -0.4 is 10.1 Å². The van der Waals surface area contributed by atoms with Gasteiger partial charge in [0.15, 0.2) is 5.82 Å². The minimum absolute atomic E-state index is 0.0191. The van der Waals surface area contributed by atoms with Crippen LogP contribution in [0, 0.1) is 5.82 Å². The molecule has 0 fully saturated rings. The Morgan fingerprint density at radius 1 is 1.32 bits per heavy atom. The summed E-state index contributed by atoms with van der Waals surface area (Å²) in [4.78, 5) is 26.8. The Labute approximate surface area is 178 Å². The van der Waals surface area contributed by atoms with Crippen molar-refractivity contribution in [1.29, 1.82) is 0 Å². The molecule has 0 aliphatic heterocycles. The maximum atomic E-state index is 13.5. The van der Waals surface area contributed by atoms with Gasteiger partial charge in [-0.15, -0.1) is 10.2 Å². The van der Waals surface area contributed by atoms with E-state index in [-0.39, 0.29) is 24.0 Å². The van der Waals surface area contributed by atoms with Crippen molar-refractivity contribution in [2.45, 2.75) is 25.8 Å². The lowest BCUT2D eigenvalue weighted by atomic mass is 10.1. The molecule has 1 unspecified atom stereocenters. The first-order valence-electron chi connectivity index (χ1n) is 9.61. The van der Waals surface area contributed by atoms with Crippen molar-refractivity contribution >= 4 is 18.2 Å². The van der Waals surface area contributed by atoms with E-state index in [0.29, 0.717) is 36.6 Å². The van der Waals surface area contributed by atoms with E-state index in [1.54, 1.807) is 24.5 Å². The number of esters is 1. The molecule has 2 heterocycles. The topological polar surface area (TPSA) is 108 Å². The third kappa shape index (κ3) is 5.41. The molecule has 1 amide bonds. The first-order valence-corrected chi connectivity index (χ1v) is 9.61. The molecule has 0 aliphatic carbocycles. The molecular weight excluding hydrogens is 405 g/mol. The fraction of sp³-hybridized carbons (Fsp3) is 0.286. The number of ether oxygens (including phenoxy) is 2. The van der Waals surface area contributed by atoms with Crippen molar-refractivity contribution in [3.63, 3.8) is 0 Å². The van der Waals surface area contributed by atoms with E-state index < -0.39 is 11.8 Å². The number of nitrogens with one attached hydrogen (secondary N) is 1. The average molecular weight is 427 g/mol. The molecule has 0 saturated heterocycles. The molecule has 0 bridgehead atoms. The maximum Gasteiger partial charge on any atom is 0.341 e. The first-order chi connectivity index (χ1) is 15.0. The summed E-state index contributed by atoms with van der Waals surface area (Å²) in [6.07, 6.45) is 3.52. The lowest BCUT2D eigenvalue weighted by Gasteiger charge is -2.16. The molecule has 1 atom stereocenters. The van der Waals surface area contributed by atoms with Crippen molar-refractivity contribution in [3.8, 4) is 17.3 Å². The fourth-order valence-corrected chi connectivity index (χ4v) is 3.04. The van der Waals surface area contributed by atoms with Gasteiger partial charge in [-0.2, -0.15) is 0 Å². The Kier molecular flexibility index (Phi) is 7.26. The molecule has 0 spiro atoms. The van der Waals surface area contributed by atoms with E-state index in [1.165, 1.54) is 25.3 Å². The lowest BCUT2D eigenvalue weighted by Crippen LogP contribution is -2.10. The van der Waals surface area contributed by atoms with Crippen LogP contribution in [0.15, 0.2) is 42.7 Å². The van der Waals surface area contributed by atoms with Crippen LogP contribution in [0.4, 0.5) is 10.2 Å². The summed E-state index contributed by atoms with van der Waals surface area (Å²) >= 11 is 0. The third-order valence-electron chi connectivity index (χ3n) is 4.61. The molecule has 1 N–H and O–H groups in total. The number of methoxy groups -OCH3 is 1. The van der Waals surface area contributed by atoms with Gasteiger partial charge in [0, 0.05) is 12.1 Å². The minimum Gasteiger partial charge on any atom is -0.493 e. The van der Waals surface area contributed by atoms with Gasteiger partial charge in [-0.3, -0.25) is 4.79 Å². The largest absolute Gasteiger partial charge is 0.493 e. The molecule has 31 heavy (non-hydrogen) atoms. The van der Waals surface area contributed by atoms with Crippen molar-refractivity contribution in [2.75, 3.05) is 19.0 Å². The second-order valence-corrected chi connectivity index (χ2v) is 6.70. The van der Waals surface area contributed by atoms with E-state index in [9.17, 15) is 14.0 Å². The predicted molar refractivity (Wildman–Crippen MR) is 110 cm³/mol. The van der Waals surface area contributed by atoms with Gasteiger partial charge in [0.2, 0.25) is 6.41 Å². The molecule has 0 saturated carbocycles. The monoisotopic (exact) mass is 427 g/mol. The zero-order valence-electron chi connectivity index (χ0n) is 17.1. The van der Waals surface area contributed by atoms with Crippen molar-refractivity contribution in [2.24, 2.45) is 0 Å². The van der Waals surface area contributed by atoms with Crippen LogP contribution in [0.2, 0.25) is 0 Å². The second-order valence-electron chi connectivity index (χ2n) is 6.70. The molecule has 9 nitrogen and oxygen atoms in total. The molecule has 2 aromatic heterocycles. The van der Waals surface area contributed by atoms with Crippen molar-refractivity contribution in [3.05, 3.63) is 54.1 Å². The average Bonchev–Trinajstić information content (AvgIpc) is 3.27. The first kappa shape index (κ1) is 21.9. The number of hydrogen-bond acceptors (Lipinski definition) is 7. The highest BCUT2D eigenvalue weighted by Gasteiger charge is 2.16. The van der Waals surface area contributed by atoms with E-state index in [4.69, 9.17) is 9.47 Å². The molecule has 0 radical (unpaired) electrons. The maximum absolute atomic E-state index is 13.5. The standard InChI is InChI=1S/C21H22FN5O4/c1-14(5-4-10-31-18-11-15(22)8-9-16(18)21(29)30-2)27-12-24-26-20(27)17-6-3-7-19(25-17)23-13-28/h3,6-9,11-14H,4-5,10H2,1-2H3,(H,23,25,28). The molecule has 3 rings (SSSR count). The van der Waals surface area contributed by atoms with Crippen LogP contribution in [-0.2, 0) is 9.53 Å². The van der Waals surface area contributed by atoms with Crippen LogP contribution in [0.3, 0.4) is 0 Å². The van der Waals surface area contributed by atoms with Gasteiger partial charge >= 0.3 is 5.97 Å². The zero-order chi connectivity index (χ0) is 22.2. The van der Waals surface area contributed by atoms with Gasteiger partial charge in [-0.1, -0.05) is 6.07 Å². The molecule has 0 aliphatic rings. The number of carbonyl (C=O) groups is 2. The highest BCUT2D eigenvalue weighted by molar-refractivity contribution is 5.92. The molecule has 10 heteroatoms. The Bertz CT molecular complexity index is 1060. The Morgan fingerprint density at radius 3 is 2.94 bits per heavy atom. The molecule has 162 valence electrons. The Balaban J connectivity index is 1.62. The number of pyridine rings is 1. The molecular formula is C21H22FN5O4. The summed E-state index contributed by atoms with van der Waals surface area (Å²) in [6, 6.07) is 8.93. The summed E-state index contributed by atoms with van der Waals surface area (Å²) in [6.45, 7) is 2.29. The summed E-state index contributed by atoms with van der Waals surface area (Å²) in [5, 5.41) is 10.6. The van der Waals surface area contributed by atoms with Gasteiger partial charge < -0.3 is 19.4 Å². The number of halogens is 1. The fourth-order valence-electron chi connectivity index (χ4n) is 3.04. The van der Waals surface area contributed by atoms with E-state index in [1.807, 2.05) is 11.5 Å². The van der Waals surface area contributed by atoms with Gasteiger partial charge in [0.1, 0.15) is 35.0 Å². The Morgan fingerprint density at radius 2 is 2.16 bits per heavy atom. The van der Waals surface area contributed by atoms with Crippen molar-refractivity contribution < 1.29 is 23.5 Å². The van der Waals surface area contributed by atoms with Gasteiger partial charge in [-0.05, 0) is 44.0 Å². The van der Waals surface area contributed by atoms with Gasteiger partial charge in [0.05, 0.1) is 13.7 Å². The highest BCUT2D eigenvalue weighted by Crippen LogP contribution is 2.24. The quantitative estimate of drug-likeness (QED) is 0.301. The van der Waals surface area contributed by atoms with E-state index >= 15 is 0 Å². The van der Waals surface area contributed by atoms with Crippen LogP contribution in [-0.4, -0.2) is 45.8 Å². The summed E-state index contributed by atoms with van der Waals surface area (Å²) in [5.41, 5.74) is 0.753. The number of benzene rings is 1. The zero-order valence-corrected chi connectivity index (χ0v) is 17.1. The van der Waals surface area contributed by atoms with E-state index in [0.717, 1.165) is 0 Å². The smallest absolute Gasteiger partial charge is 0.341 e. The van der Waals surface area contributed by atoms with Gasteiger partial charge in [-0.25, -0.2) is 14.2 Å². The summed E-state index contributed by atoms with van der Waals surface area (Å²) in [7, 11) is 1.26. The summed E-state index contributed by atoms with van der Waals surface area (Å²) < 4.78 is 25.8. The normalized spacial score (nSPS) is 11.6. The lowest BCUT2D eigenvalue weighted by molar-refractivity contribution is -0.105. The highest BCUT2D eigenvalue weighted by atomic mass is 19.1. The predicted octanol–water partition coefficient (Wildman–Crippen LogP) is 3.25. The van der Waals surface area contributed by atoms with Crippen LogP contribution in [0.5, 0.6) is 5.75 Å². The number of rotatable bonds is 10. The number of amides is 1. The molecule has 1 aromatic carbocycles. The Hall–Kier alpha value is -3.82. The number of nitrogens with zero attached hydrogens (tertiary/aromatic N) is 4. The molecule has 3 aromatic rings. The number of aromatic nitrogens is 4. The van der Waals surface area contributed by atoms with E-state index in [2.05, 4.69) is 20.5 Å². The van der Waals surface area contributed by atoms with Crippen LogP contribution >= 0.6 is 0 Å². The minimum atomic E-state index is -0.587. The third-order valence-corrected chi connectivity index (χ3v) is 4.61. The number of carbonyl (C=O) groups excluding carboxylic acids is 2. The summed E-state index contributed by atoms with van der Waals surface area (Å²) in [5.74, 6) is 0.0501. The van der Waals surface area contributed by atoms with Crippen molar-refractivity contribution in [1.82, 2.24) is 19.7 Å². The second kappa shape index (κ2) is 10.3.